The van der Waals surface area contributed by atoms with Crippen molar-refractivity contribution >= 4 is 6.09 Å². The molecule has 1 aromatic carbocycles. The highest BCUT2D eigenvalue weighted by Gasteiger charge is 2.34. The number of aliphatic hydroxyl groups is 1. The highest BCUT2D eigenvalue weighted by atomic mass is 19.4. The number of imidazole rings is 1. The predicted octanol–water partition coefficient (Wildman–Crippen LogP) is 4.22. The Bertz CT molecular complexity index is 826. The molecular weight excluding hydrogens is 375 g/mol. The largest absolute Gasteiger partial charge is 0.444 e. The molecule has 154 valence electrons. The van der Waals surface area contributed by atoms with Gasteiger partial charge in [0.25, 0.3) is 0 Å². The third-order valence-corrected chi connectivity index (χ3v) is 3.88. The number of nitrogens with one attached hydrogen (secondary N) is 2. The summed E-state index contributed by atoms with van der Waals surface area (Å²) in [6.07, 6.45) is -4.32. The summed E-state index contributed by atoms with van der Waals surface area (Å²) in [4.78, 5) is 18.0. The molecule has 3 N–H and O–H groups in total. The Morgan fingerprint density at radius 2 is 2.00 bits per heavy atom. The molecule has 0 saturated heterocycles. The van der Waals surface area contributed by atoms with Crippen molar-refractivity contribution in [2.75, 3.05) is 6.61 Å². The lowest BCUT2D eigenvalue weighted by Gasteiger charge is -2.20. The van der Waals surface area contributed by atoms with Gasteiger partial charge in [-0.2, -0.15) is 13.2 Å². The molecule has 1 heterocycles. The number of carbonyl (C=O) groups is 1. The average Bonchev–Trinajstić information content (AvgIpc) is 3.07. The minimum absolute atomic E-state index is 0.0641. The van der Waals surface area contributed by atoms with E-state index in [9.17, 15) is 23.1 Å². The molecule has 0 aliphatic carbocycles. The maximum Gasteiger partial charge on any atom is 0.434 e. The van der Waals surface area contributed by atoms with Gasteiger partial charge in [-0.3, -0.25) is 0 Å². The van der Waals surface area contributed by atoms with Gasteiger partial charge >= 0.3 is 12.3 Å². The summed E-state index contributed by atoms with van der Waals surface area (Å²) in [5, 5.41) is 12.2. The molecule has 0 spiro atoms. The fraction of sp³-hybridized carbons (Fsp3) is 0.474. The first-order valence-corrected chi connectivity index (χ1v) is 8.74. The summed E-state index contributed by atoms with van der Waals surface area (Å²) >= 11 is 0. The molecule has 1 amide bonds. The zero-order valence-electron chi connectivity index (χ0n) is 16.1. The van der Waals surface area contributed by atoms with E-state index in [0.717, 1.165) is 6.20 Å². The zero-order valence-corrected chi connectivity index (χ0v) is 16.1. The second-order valence-corrected chi connectivity index (χ2v) is 7.49. The Balaban J connectivity index is 2.26. The van der Waals surface area contributed by atoms with Gasteiger partial charge in [0.1, 0.15) is 11.4 Å². The number of hydrogen-bond acceptors (Lipinski definition) is 4. The number of rotatable bonds is 5. The number of hydrogen-bond donors (Lipinski definition) is 3. The van der Waals surface area contributed by atoms with E-state index in [1.807, 2.05) is 0 Å². The van der Waals surface area contributed by atoms with Crippen LogP contribution in [0, 0.1) is 0 Å². The van der Waals surface area contributed by atoms with Crippen molar-refractivity contribution in [2.45, 2.75) is 51.9 Å². The third-order valence-electron chi connectivity index (χ3n) is 3.88. The number of aromatic nitrogens is 2. The lowest BCUT2D eigenvalue weighted by Crippen LogP contribution is -2.32. The number of aromatic amines is 1. The second-order valence-electron chi connectivity index (χ2n) is 7.49. The van der Waals surface area contributed by atoms with Crippen LogP contribution in [0.5, 0.6) is 0 Å². The van der Waals surface area contributed by atoms with Crippen molar-refractivity contribution in [1.29, 1.82) is 0 Å². The Hall–Kier alpha value is -2.55. The first-order valence-electron chi connectivity index (χ1n) is 8.74. The smallest absolute Gasteiger partial charge is 0.434 e. The SMILES string of the molecule is CC(CO)c1cc(CNC(=O)OC(C)(C)C)ccc1-c1nc(C(F)(F)F)c[nH]1. The number of carbonyl (C=O) groups excluding carboxylic acids is 1. The number of ether oxygens (including phenoxy) is 1. The van der Waals surface area contributed by atoms with Crippen molar-refractivity contribution in [3.63, 3.8) is 0 Å². The van der Waals surface area contributed by atoms with E-state index < -0.39 is 23.6 Å². The molecular formula is C19H24F3N3O3. The van der Waals surface area contributed by atoms with E-state index in [1.165, 1.54) is 0 Å². The number of nitrogens with zero attached hydrogens (tertiary/aromatic N) is 1. The van der Waals surface area contributed by atoms with Gasteiger partial charge in [-0.25, -0.2) is 9.78 Å². The van der Waals surface area contributed by atoms with E-state index >= 15 is 0 Å². The third kappa shape index (κ3) is 5.72. The van der Waals surface area contributed by atoms with E-state index in [-0.39, 0.29) is 24.9 Å². The highest BCUT2D eigenvalue weighted by Crippen LogP contribution is 2.32. The molecule has 0 aliphatic rings. The van der Waals surface area contributed by atoms with Crippen LogP contribution in [0.15, 0.2) is 24.4 Å². The topological polar surface area (TPSA) is 87.2 Å². The maximum atomic E-state index is 12.8. The number of alkyl carbamates (subject to hydrolysis) is 1. The molecule has 0 aliphatic heterocycles. The minimum Gasteiger partial charge on any atom is -0.444 e. The number of halogens is 3. The number of alkyl halides is 3. The molecule has 1 unspecified atom stereocenters. The first kappa shape index (κ1) is 21.7. The van der Waals surface area contributed by atoms with Crippen LogP contribution < -0.4 is 5.32 Å². The Labute approximate surface area is 161 Å². The van der Waals surface area contributed by atoms with E-state index in [0.29, 0.717) is 16.7 Å². The van der Waals surface area contributed by atoms with Gasteiger partial charge in [-0.05, 0) is 31.9 Å². The lowest BCUT2D eigenvalue weighted by atomic mass is 9.93. The maximum absolute atomic E-state index is 12.8. The molecule has 2 rings (SSSR count). The van der Waals surface area contributed by atoms with Gasteiger partial charge in [-0.15, -0.1) is 0 Å². The Morgan fingerprint density at radius 1 is 1.32 bits per heavy atom. The van der Waals surface area contributed by atoms with Crippen LogP contribution in [-0.4, -0.2) is 33.4 Å². The van der Waals surface area contributed by atoms with Gasteiger partial charge in [-0.1, -0.05) is 25.1 Å². The summed E-state index contributed by atoms with van der Waals surface area (Å²) in [5.41, 5.74) is 0.153. The van der Waals surface area contributed by atoms with Crippen LogP contribution in [0.1, 0.15) is 50.4 Å². The molecule has 28 heavy (non-hydrogen) atoms. The second kappa shape index (κ2) is 8.22. The molecule has 6 nitrogen and oxygen atoms in total. The molecule has 0 fully saturated rings. The van der Waals surface area contributed by atoms with Crippen molar-refractivity contribution in [1.82, 2.24) is 15.3 Å². The first-order chi connectivity index (χ1) is 12.9. The number of benzene rings is 1. The zero-order chi connectivity index (χ0) is 21.1. The Kier molecular flexibility index (Phi) is 6.38. The van der Waals surface area contributed by atoms with Crippen molar-refractivity contribution < 1.29 is 27.8 Å². The summed E-state index contributed by atoms with van der Waals surface area (Å²) in [7, 11) is 0. The summed E-state index contributed by atoms with van der Waals surface area (Å²) in [6, 6.07) is 5.02. The van der Waals surface area contributed by atoms with E-state index in [2.05, 4.69) is 15.3 Å². The lowest BCUT2D eigenvalue weighted by molar-refractivity contribution is -0.140. The van der Waals surface area contributed by atoms with Gasteiger partial charge in [0.05, 0.1) is 0 Å². The number of amides is 1. The van der Waals surface area contributed by atoms with Gasteiger partial charge < -0.3 is 20.1 Å². The molecule has 9 heteroatoms. The van der Waals surface area contributed by atoms with Crippen LogP contribution >= 0.6 is 0 Å². The standard InChI is InChI=1S/C19H24F3N3O3/c1-11(10-26)14-7-12(8-24-17(27)28-18(2,3)4)5-6-13(14)16-23-9-15(25-16)19(20,21)22/h5-7,9,11,26H,8,10H2,1-4H3,(H,23,25)(H,24,27). The molecule has 2 aromatic rings. The van der Waals surface area contributed by atoms with Crippen molar-refractivity contribution in [3.05, 3.63) is 41.2 Å². The van der Waals surface area contributed by atoms with Crippen LogP contribution in [0.2, 0.25) is 0 Å². The molecule has 0 bridgehead atoms. The molecule has 1 atom stereocenters. The normalized spacial score (nSPS) is 13.3. The van der Waals surface area contributed by atoms with Crippen LogP contribution in [-0.2, 0) is 17.5 Å². The summed E-state index contributed by atoms with van der Waals surface area (Å²) < 4.78 is 43.7. The Morgan fingerprint density at radius 3 is 2.54 bits per heavy atom. The fourth-order valence-electron chi connectivity index (χ4n) is 2.54. The quantitative estimate of drug-likeness (QED) is 0.703. The molecule has 0 radical (unpaired) electrons. The minimum atomic E-state index is -4.55. The fourth-order valence-corrected chi connectivity index (χ4v) is 2.54. The van der Waals surface area contributed by atoms with Crippen LogP contribution in [0.4, 0.5) is 18.0 Å². The number of H-pyrrole nitrogens is 1. The van der Waals surface area contributed by atoms with Crippen molar-refractivity contribution in [2.24, 2.45) is 0 Å². The highest BCUT2D eigenvalue weighted by molar-refractivity contribution is 5.68. The van der Waals surface area contributed by atoms with E-state index in [4.69, 9.17) is 4.74 Å². The van der Waals surface area contributed by atoms with Gasteiger partial charge in [0.2, 0.25) is 0 Å². The number of aliphatic hydroxyl groups excluding tert-OH is 1. The van der Waals surface area contributed by atoms with E-state index in [1.54, 1.807) is 45.9 Å². The monoisotopic (exact) mass is 399 g/mol. The average molecular weight is 399 g/mol. The summed E-state index contributed by atoms with van der Waals surface area (Å²) in [5.74, 6) is -0.273. The van der Waals surface area contributed by atoms with Crippen LogP contribution in [0.3, 0.4) is 0 Å². The molecule has 0 saturated carbocycles. The van der Waals surface area contributed by atoms with Gasteiger partial charge in [0, 0.05) is 30.8 Å². The molecule has 1 aromatic heterocycles. The van der Waals surface area contributed by atoms with Crippen LogP contribution in [0.25, 0.3) is 11.4 Å². The van der Waals surface area contributed by atoms with Gasteiger partial charge in [0.15, 0.2) is 5.69 Å². The summed E-state index contributed by atoms with van der Waals surface area (Å²) in [6.45, 7) is 6.98. The van der Waals surface area contributed by atoms with Crippen molar-refractivity contribution in [3.8, 4) is 11.4 Å². The predicted molar refractivity (Wildman–Crippen MR) is 97.6 cm³/mol.